The zero-order chi connectivity index (χ0) is 18.3. The van der Waals surface area contributed by atoms with Crippen molar-refractivity contribution < 1.29 is 9.53 Å². The molecule has 1 aromatic rings. The summed E-state index contributed by atoms with van der Waals surface area (Å²) in [6.07, 6.45) is 2.05. The molecular weight excluding hydrogens is 306 g/mol. The Morgan fingerprint density at radius 2 is 2.12 bits per heavy atom. The molecule has 1 N–H and O–H groups in total. The predicted molar refractivity (Wildman–Crippen MR) is 95.9 cm³/mol. The van der Waals surface area contributed by atoms with Crippen molar-refractivity contribution in [2.75, 3.05) is 27.2 Å². The average Bonchev–Trinajstić information content (AvgIpc) is 2.90. The van der Waals surface area contributed by atoms with Gasteiger partial charge in [-0.1, -0.05) is 20.8 Å². The maximum Gasteiger partial charge on any atom is 0.310 e. The number of aromatic nitrogens is 2. The Labute approximate surface area is 145 Å². The molecule has 0 aliphatic heterocycles. The summed E-state index contributed by atoms with van der Waals surface area (Å²) in [6.45, 7) is 9.99. The number of carbonyl (C=O) groups is 1. The fraction of sp³-hybridized carbons (Fsp3) is 0.706. The molecule has 0 aromatic carbocycles. The molecule has 0 saturated heterocycles. The number of esters is 1. The number of ether oxygens (including phenoxy) is 1. The Bertz CT molecular complexity index is 565. The molecule has 0 amide bonds. The molecule has 7 heteroatoms. The Morgan fingerprint density at radius 3 is 2.67 bits per heavy atom. The van der Waals surface area contributed by atoms with E-state index >= 15 is 0 Å². The lowest BCUT2D eigenvalue weighted by Gasteiger charge is -2.22. The molecule has 24 heavy (non-hydrogen) atoms. The van der Waals surface area contributed by atoms with Gasteiger partial charge in [0.05, 0.1) is 25.3 Å². The van der Waals surface area contributed by atoms with Gasteiger partial charge in [-0.3, -0.25) is 14.5 Å². The van der Waals surface area contributed by atoms with Gasteiger partial charge >= 0.3 is 5.97 Å². The van der Waals surface area contributed by atoms with E-state index in [2.05, 4.69) is 34.2 Å². The van der Waals surface area contributed by atoms with Gasteiger partial charge in [0.1, 0.15) is 0 Å². The Kier molecular flexibility index (Phi) is 7.74. The zero-order valence-electron chi connectivity index (χ0n) is 16.0. The van der Waals surface area contributed by atoms with Gasteiger partial charge in [0.2, 0.25) is 0 Å². The summed E-state index contributed by atoms with van der Waals surface area (Å²) in [5.74, 6) is 0.633. The van der Waals surface area contributed by atoms with Crippen LogP contribution in [0.2, 0.25) is 0 Å². The van der Waals surface area contributed by atoms with Crippen molar-refractivity contribution in [1.82, 2.24) is 20.0 Å². The van der Waals surface area contributed by atoms with Gasteiger partial charge in [0.15, 0.2) is 5.96 Å². The number of guanidine groups is 1. The van der Waals surface area contributed by atoms with Crippen LogP contribution in [0.25, 0.3) is 0 Å². The van der Waals surface area contributed by atoms with Crippen LogP contribution in [0.3, 0.4) is 0 Å². The molecule has 7 nitrogen and oxygen atoms in total. The normalized spacial score (nSPS) is 13.1. The lowest BCUT2D eigenvalue weighted by Crippen LogP contribution is -2.39. The minimum absolute atomic E-state index is 0.244. The van der Waals surface area contributed by atoms with E-state index in [0.29, 0.717) is 19.0 Å². The van der Waals surface area contributed by atoms with Crippen molar-refractivity contribution >= 4 is 11.9 Å². The molecular formula is C17H31N5O2. The van der Waals surface area contributed by atoms with Gasteiger partial charge in [0, 0.05) is 38.9 Å². The van der Waals surface area contributed by atoms with E-state index in [4.69, 9.17) is 4.74 Å². The summed E-state index contributed by atoms with van der Waals surface area (Å²) in [6, 6.07) is 0. The molecule has 0 bridgehead atoms. The van der Waals surface area contributed by atoms with E-state index in [9.17, 15) is 4.79 Å². The Morgan fingerprint density at radius 1 is 1.46 bits per heavy atom. The number of carbonyl (C=O) groups excluding carboxylic acids is 1. The predicted octanol–water partition coefficient (Wildman–Crippen LogP) is 1.75. The average molecular weight is 337 g/mol. The number of hydrogen-bond acceptors (Lipinski definition) is 4. The van der Waals surface area contributed by atoms with Crippen molar-refractivity contribution in [3.63, 3.8) is 0 Å². The van der Waals surface area contributed by atoms with Crippen LogP contribution in [0, 0.1) is 5.92 Å². The SMILES string of the molecule is CCNC(=NCC(C)C(=O)OC)N(C)Cc1cn(C)nc1C(C)C. The van der Waals surface area contributed by atoms with Gasteiger partial charge in [-0.2, -0.15) is 5.10 Å². The minimum atomic E-state index is -0.262. The van der Waals surface area contributed by atoms with Crippen molar-refractivity contribution in [2.24, 2.45) is 18.0 Å². The first-order valence-corrected chi connectivity index (χ1v) is 8.39. The van der Waals surface area contributed by atoms with Gasteiger partial charge in [0.25, 0.3) is 0 Å². The maximum atomic E-state index is 11.5. The Hall–Kier alpha value is -2.05. The van der Waals surface area contributed by atoms with E-state index in [1.54, 1.807) is 0 Å². The standard InChI is InChI=1S/C17H31N5O2/c1-8-18-17(19-9-13(4)16(23)24-7)21(5)10-14-11-22(6)20-15(14)12(2)3/h11-13H,8-10H2,1-7H3,(H,18,19). The fourth-order valence-electron chi connectivity index (χ4n) is 2.46. The third kappa shape index (κ3) is 5.54. The van der Waals surface area contributed by atoms with Crippen molar-refractivity contribution in [1.29, 1.82) is 0 Å². The number of nitrogens with zero attached hydrogens (tertiary/aromatic N) is 4. The van der Waals surface area contributed by atoms with E-state index in [0.717, 1.165) is 18.2 Å². The van der Waals surface area contributed by atoms with E-state index < -0.39 is 0 Å². The van der Waals surface area contributed by atoms with Gasteiger partial charge in [-0.15, -0.1) is 0 Å². The summed E-state index contributed by atoms with van der Waals surface area (Å²) in [5.41, 5.74) is 2.28. The minimum Gasteiger partial charge on any atom is -0.469 e. The smallest absolute Gasteiger partial charge is 0.310 e. The highest BCUT2D eigenvalue weighted by Crippen LogP contribution is 2.18. The van der Waals surface area contributed by atoms with Crippen molar-refractivity contribution in [3.05, 3.63) is 17.5 Å². The lowest BCUT2D eigenvalue weighted by molar-refractivity contribution is -0.144. The number of rotatable bonds is 7. The molecule has 136 valence electrons. The topological polar surface area (TPSA) is 71.8 Å². The molecule has 0 spiro atoms. The highest BCUT2D eigenvalue weighted by Gasteiger charge is 2.16. The van der Waals surface area contributed by atoms with E-state index in [1.165, 1.54) is 12.7 Å². The highest BCUT2D eigenvalue weighted by molar-refractivity contribution is 5.80. The first-order chi connectivity index (χ1) is 11.3. The number of methoxy groups -OCH3 is 1. The monoisotopic (exact) mass is 337 g/mol. The van der Waals surface area contributed by atoms with Crippen LogP contribution in [-0.4, -0.2) is 53.9 Å². The maximum absolute atomic E-state index is 11.5. The zero-order valence-corrected chi connectivity index (χ0v) is 16.0. The van der Waals surface area contributed by atoms with Crippen LogP contribution < -0.4 is 5.32 Å². The molecule has 1 rings (SSSR count). The third-order valence-electron chi connectivity index (χ3n) is 3.71. The van der Waals surface area contributed by atoms with Crippen molar-refractivity contribution in [2.45, 2.75) is 40.2 Å². The summed E-state index contributed by atoms with van der Waals surface area (Å²) >= 11 is 0. The van der Waals surface area contributed by atoms with Crippen LogP contribution in [-0.2, 0) is 23.1 Å². The number of aryl methyl sites for hydroxylation is 1. The summed E-state index contributed by atoms with van der Waals surface area (Å²) < 4.78 is 6.60. The van der Waals surface area contributed by atoms with Gasteiger partial charge in [-0.25, -0.2) is 0 Å². The number of hydrogen-bond donors (Lipinski definition) is 1. The molecule has 0 aliphatic rings. The first-order valence-electron chi connectivity index (χ1n) is 8.39. The third-order valence-corrected chi connectivity index (χ3v) is 3.71. The molecule has 1 heterocycles. The second-order valence-electron chi connectivity index (χ2n) is 6.34. The van der Waals surface area contributed by atoms with Gasteiger partial charge < -0.3 is 15.0 Å². The van der Waals surface area contributed by atoms with Crippen molar-refractivity contribution in [3.8, 4) is 0 Å². The molecule has 0 fully saturated rings. The molecule has 1 aromatic heterocycles. The second kappa shape index (κ2) is 9.30. The van der Waals surface area contributed by atoms with E-state index in [-0.39, 0.29) is 11.9 Å². The molecule has 0 radical (unpaired) electrons. The van der Waals surface area contributed by atoms with E-state index in [1.807, 2.05) is 38.8 Å². The summed E-state index contributed by atoms with van der Waals surface area (Å²) in [4.78, 5) is 18.1. The van der Waals surface area contributed by atoms with Crippen LogP contribution in [0.4, 0.5) is 0 Å². The number of nitrogens with one attached hydrogen (secondary N) is 1. The number of aliphatic imine (C=N–C) groups is 1. The molecule has 1 unspecified atom stereocenters. The summed E-state index contributed by atoms with van der Waals surface area (Å²) in [5, 5.41) is 7.81. The quantitative estimate of drug-likeness (QED) is 0.466. The summed E-state index contributed by atoms with van der Waals surface area (Å²) in [7, 11) is 5.32. The van der Waals surface area contributed by atoms with Crippen LogP contribution in [0.1, 0.15) is 44.9 Å². The first kappa shape index (κ1) is 20.0. The lowest BCUT2D eigenvalue weighted by atomic mass is 10.1. The highest BCUT2D eigenvalue weighted by atomic mass is 16.5. The molecule has 0 aliphatic carbocycles. The Balaban J connectivity index is 2.87. The fourth-order valence-corrected chi connectivity index (χ4v) is 2.46. The second-order valence-corrected chi connectivity index (χ2v) is 6.34. The van der Waals surface area contributed by atoms with Crippen LogP contribution in [0.5, 0.6) is 0 Å². The van der Waals surface area contributed by atoms with Gasteiger partial charge in [-0.05, 0) is 12.8 Å². The molecule has 0 saturated carbocycles. The molecule has 1 atom stereocenters. The van der Waals surface area contributed by atoms with Crippen LogP contribution >= 0.6 is 0 Å². The van der Waals surface area contributed by atoms with Crippen LogP contribution in [0.15, 0.2) is 11.2 Å². The largest absolute Gasteiger partial charge is 0.469 e.